The summed E-state index contributed by atoms with van der Waals surface area (Å²) in [4.78, 5) is 21.3. The van der Waals surface area contributed by atoms with Crippen molar-refractivity contribution >= 4 is 12.0 Å². The van der Waals surface area contributed by atoms with Crippen molar-refractivity contribution in [1.82, 2.24) is 9.80 Å². The number of benzene rings is 2. The number of carbonyl (C=O) groups excluding carboxylic acids is 1. The van der Waals surface area contributed by atoms with Crippen LogP contribution in [0.25, 0.3) is 0 Å². The molecule has 1 fully saturated rings. The smallest absolute Gasteiger partial charge is 0.148 e. The number of hydrogen-bond donors (Lipinski definition) is 1. The van der Waals surface area contributed by atoms with Gasteiger partial charge in [-0.3, -0.25) is 19.6 Å². The topological polar surface area (TPSA) is 56.1 Å². The van der Waals surface area contributed by atoms with E-state index in [1.165, 1.54) is 5.56 Å². The van der Waals surface area contributed by atoms with Crippen LogP contribution in [0.1, 0.15) is 23.1 Å². The maximum Gasteiger partial charge on any atom is 0.148 e. The second-order valence-corrected chi connectivity index (χ2v) is 7.71. The summed E-state index contributed by atoms with van der Waals surface area (Å²) in [5.74, 6) is 0.453. The van der Waals surface area contributed by atoms with E-state index in [0.717, 1.165) is 38.3 Å². The molecule has 0 atom stereocenters. The molecule has 0 aliphatic carbocycles. The third-order valence-corrected chi connectivity index (χ3v) is 5.38. The number of Topliss-reactive ketones (excluding diaryl/α,β-unsaturated/α-hetero) is 1. The third-order valence-electron chi connectivity index (χ3n) is 5.38. The van der Waals surface area contributed by atoms with Crippen molar-refractivity contribution in [2.75, 3.05) is 39.3 Å². The molecule has 158 valence electrons. The maximum absolute atomic E-state index is 12.3. The van der Waals surface area contributed by atoms with Gasteiger partial charge in [-0.25, -0.2) is 0 Å². The molecule has 0 amide bonds. The van der Waals surface area contributed by atoms with Crippen molar-refractivity contribution in [3.05, 3.63) is 77.9 Å². The van der Waals surface area contributed by atoms with Gasteiger partial charge < -0.3 is 5.11 Å². The van der Waals surface area contributed by atoms with Gasteiger partial charge in [0, 0.05) is 57.5 Å². The van der Waals surface area contributed by atoms with E-state index in [1.54, 1.807) is 12.3 Å². The lowest BCUT2D eigenvalue weighted by Crippen LogP contribution is -2.47. The molecule has 0 radical (unpaired) electrons. The van der Waals surface area contributed by atoms with E-state index >= 15 is 0 Å². The minimum atomic E-state index is 0.216. The van der Waals surface area contributed by atoms with Crippen LogP contribution in [0.3, 0.4) is 0 Å². The highest BCUT2D eigenvalue weighted by atomic mass is 16.3. The average Bonchev–Trinajstić information content (AvgIpc) is 2.76. The number of nitrogens with zero attached hydrogens (tertiary/aromatic N) is 3. The Morgan fingerprint density at radius 2 is 1.77 bits per heavy atom. The maximum atomic E-state index is 12.3. The lowest BCUT2D eigenvalue weighted by Gasteiger charge is -2.34. The van der Waals surface area contributed by atoms with E-state index in [1.807, 2.05) is 24.3 Å². The number of phenols is 1. The fourth-order valence-electron chi connectivity index (χ4n) is 3.66. The molecule has 5 heteroatoms. The number of para-hydroxylation sites is 1. The molecule has 1 N–H and O–H groups in total. The van der Waals surface area contributed by atoms with Crippen LogP contribution in [0.2, 0.25) is 0 Å². The standard InChI is InChI=1S/C25H31N3O2/c1-2-7-22-10-6-11-23(25(22)30)18-26-13-12-24(29)20-28-16-14-27(15-17-28)19-21-8-4-3-5-9-21/h2-6,8-11,18,30H,1,7,12-17,19-20H2. The Hall–Kier alpha value is -2.76. The minimum Gasteiger partial charge on any atom is -0.507 e. The fourth-order valence-corrected chi connectivity index (χ4v) is 3.66. The van der Waals surface area contributed by atoms with E-state index in [9.17, 15) is 9.90 Å². The lowest BCUT2D eigenvalue weighted by atomic mass is 10.1. The summed E-state index contributed by atoms with van der Waals surface area (Å²) in [7, 11) is 0. The number of piperazine rings is 1. The molecule has 1 aliphatic heterocycles. The first-order chi connectivity index (χ1) is 14.7. The van der Waals surface area contributed by atoms with Gasteiger partial charge in [0.1, 0.15) is 11.5 Å². The highest BCUT2D eigenvalue weighted by Gasteiger charge is 2.18. The zero-order valence-corrected chi connectivity index (χ0v) is 17.5. The highest BCUT2D eigenvalue weighted by Crippen LogP contribution is 2.21. The van der Waals surface area contributed by atoms with E-state index in [4.69, 9.17) is 0 Å². The number of aliphatic imine (C=N–C) groups is 1. The molecule has 5 nitrogen and oxygen atoms in total. The molecule has 2 aromatic carbocycles. The van der Waals surface area contributed by atoms with Gasteiger partial charge >= 0.3 is 0 Å². The number of carbonyl (C=O) groups is 1. The SMILES string of the molecule is C=CCc1cccc(C=NCCC(=O)CN2CCN(Cc3ccccc3)CC2)c1O. The van der Waals surface area contributed by atoms with E-state index in [-0.39, 0.29) is 11.5 Å². The van der Waals surface area contributed by atoms with Crippen LogP contribution in [0, 0.1) is 0 Å². The Morgan fingerprint density at radius 3 is 2.50 bits per heavy atom. The van der Waals surface area contributed by atoms with Crippen molar-refractivity contribution in [1.29, 1.82) is 0 Å². The zero-order valence-electron chi connectivity index (χ0n) is 17.5. The molecule has 2 aromatic rings. The van der Waals surface area contributed by atoms with E-state index in [0.29, 0.717) is 31.5 Å². The molecule has 0 aromatic heterocycles. The Morgan fingerprint density at radius 1 is 1.03 bits per heavy atom. The predicted octanol–water partition coefficient (Wildman–Crippen LogP) is 3.32. The largest absolute Gasteiger partial charge is 0.507 e. The van der Waals surface area contributed by atoms with Gasteiger partial charge in [0.05, 0.1) is 6.54 Å². The third kappa shape index (κ3) is 6.65. The molecule has 0 saturated carbocycles. The summed E-state index contributed by atoms with van der Waals surface area (Å²) < 4.78 is 0. The Labute approximate surface area is 179 Å². The Balaban J connectivity index is 1.37. The second kappa shape index (κ2) is 11.4. The van der Waals surface area contributed by atoms with Crippen molar-refractivity contribution in [2.24, 2.45) is 4.99 Å². The van der Waals surface area contributed by atoms with Crippen molar-refractivity contribution in [3.8, 4) is 5.75 Å². The second-order valence-electron chi connectivity index (χ2n) is 7.71. The summed E-state index contributed by atoms with van der Waals surface area (Å²) in [5, 5.41) is 10.2. The van der Waals surface area contributed by atoms with Crippen LogP contribution in [-0.4, -0.2) is 66.2 Å². The van der Waals surface area contributed by atoms with Crippen LogP contribution < -0.4 is 0 Å². The molecule has 30 heavy (non-hydrogen) atoms. The molecule has 0 unspecified atom stereocenters. The number of ketones is 1. The van der Waals surface area contributed by atoms with Gasteiger partial charge in [-0.15, -0.1) is 6.58 Å². The summed E-state index contributed by atoms with van der Waals surface area (Å²) in [6, 6.07) is 16.1. The molecule has 0 spiro atoms. The normalized spacial score (nSPS) is 15.5. The molecule has 1 aliphatic rings. The number of allylic oxidation sites excluding steroid dienone is 1. The van der Waals surface area contributed by atoms with Crippen molar-refractivity contribution < 1.29 is 9.90 Å². The quantitative estimate of drug-likeness (QED) is 0.487. The van der Waals surface area contributed by atoms with Gasteiger partial charge in [-0.05, 0) is 23.6 Å². The Kier molecular flexibility index (Phi) is 8.36. The van der Waals surface area contributed by atoms with Gasteiger partial charge in [-0.2, -0.15) is 0 Å². The van der Waals surface area contributed by atoms with Gasteiger partial charge in [0.15, 0.2) is 0 Å². The lowest BCUT2D eigenvalue weighted by molar-refractivity contribution is -0.120. The van der Waals surface area contributed by atoms with Crippen LogP contribution in [0.4, 0.5) is 0 Å². The number of hydrogen-bond acceptors (Lipinski definition) is 5. The first-order valence-electron chi connectivity index (χ1n) is 10.6. The van der Waals surface area contributed by atoms with Crippen LogP contribution >= 0.6 is 0 Å². The summed E-state index contributed by atoms with van der Waals surface area (Å²) >= 11 is 0. The number of aromatic hydroxyl groups is 1. The minimum absolute atomic E-state index is 0.216. The van der Waals surface area contributed by atoms with Crippen LogP contribution in [-0.2, 0) is 17.8 Å². The first-order valence-corrected chi connectivity index (χ1v) is 10.6. The predicted molar refractivity (Wildman–Crippen MR) is 122 cm³/mol. The zero-order chi connectivity index (χ0) is 21.2. The van der Waals surface area contributed by atoms with Gasteiger partial charge in [0.25, 0.3) is 0 Å². The highest BCUT2D eigenvalue weighted by molar-refractivity contribution is 5.85. The monoisotopic (exact) mass is 405 g/mol. The molecule has 1 saturated heterocycles. The first kappa shape index (κ1) is 21.9. The molecule has 1 heterocycles. The van der Waals surface area contributed by atoms with E-state index in [2.05, 4.69) is 45.6 Å². The average molecular weight is 406 g/mol. The molecule has 3 rings (SSSR count). The summed E-state index contributed by atoms with van der Waals surface area (Å²) in [6.07, 6.45) is 4.45. The Bertz CT molecular complexity index is 856. The molecule has 0 bridgehead atoms. The van der Waals surface area contributed by atoms with Crippen LogP contribution in [0.15, 0.2) is 66.2 Å². The fraction of sp³-hybridized carbons (Fsp3) is 0.360. The van der Waals surface area contributed by atoms with Gasteiger partial charge in [-0.1, -0.05) is 48.5 Å². The van der Waals surface area contributed by atoms with Crippen molar-refractivity contribution in [3.63, 3.8) is 0 Å². The van der Waals surface area contributed by atoms with Crippen molar-refractivity contribution in [2.45, 2.75) is 19.4 Å². The van der Waals surface area contributed by atoms with Crippen LogP contribution in [0.5, 0.6) is 5.75 Å². The van der Waals surface area contributed by atoms with Gasteiger partial charge in [0.2, 0.25) is 0 Å². The molecular formula is C25H31N3O2. The number of rotatable bonds is 10. The number of phenolic OH excluding ortho intramolecular Hbond substituents is 1. The summed E-state index contributed by atoms with van der Waals surface area (Å²) in [5.41, 5.74) is 2.84. The molecular weight excluding hydrogens is 374 g/mol. The van der Waals surface area contributed by atoms with E-state index < -0.39 is 0 Å². The summed E-state index contributed by atoms with van der Waals surface area (Å²) in [6.45, 7) is 9.43.